The van der Waals surface area contributed by atoms with Gasteiger partial charge in [-0.15, -0.1) is 0 Å². The number of carboxylic acid groups (broad SMARTS) is 1. The molecule has 362 valence electrons. The Balaban J connectivity index is 1.15. The number of aliphatic hydroxyl groups excluding tert-OH is 1. The first-order valence-electron chi connectivity index (χ1n) is 22.1. The van der Waals surface area contributed by atoms with Crippen molar-refractivity contribution in [2.45, 2.75) is 69.7 Å². The molecular weight excluding hydrogens is 918 g/mol. The van der Waals surface area contributed by atoms with E-state index in [2.05, 4.69) is 15.6 Å². The summed E-state index contributed by atoms with van der Waals surface area (Å²) < 4.78 is 24.3. The summed E-state index contributed by atoms with van der Waals surface area (Å²) in [6.45, 7) is 1.51. The maximum atomic E-state index is 15.6. The molecule has 19 heteroatoms. The minimum Gasteiger partial charge on any atom is -0.619 e. The second-order valence-corrected chi connectivity index (χ2v) is 18.4. The van der Waals surface area contributed by atoms with Gasteiger partial charge in [-0.05, 0) is 94.4 Å². The fraction of sp³-hybridized carbons (Fsp3) is 0.388. The van der Waals surface area contributed by atoms with Crippen LogP contribution >= 0.6 is 23.2 Å². The minimum absolute atomic E-state index is 0.00742. The van der Waals surface area contributed by atoms with Gasteiger partial charge in [-0.3, -0.25) is 19.2 Å². The van der Waals surface area contributed by atoms with Crippen molar-refractivity contribution in [1.82, 2.24) is 34.9 Å². The van der Waals surface area contributed by atoms with E-state index >= 15 is 4.39 Å². The lowest BCUT2D eigenvalue weighted by atomic mass is 9.80. The maximum absolute atomic E-state index is 15.6. The Hall–Kier alpha value is -6.11. The van der Waals surface area contributed by atoms with Crippen molar-refractivity contribution in [2.75, 3.05) is 40.8 Å². The molecule has 3 aromatic carbocycles. The van der Waals surface area contributed by atoms with Crippen LogP contribution < -0.4 is 20.1 Å². The number of aliphatic hydroxyl groups is 1. The quantitative estimate of drug-likeness (QED) is 0.0579. The standard InChI is InChI=1S/C49H57Cl2FN8O8/c1-31(53-26-39-40(52)23-36(51)24-43(39)68-38-16-12-33(13-17-38)42-27-54-44(57(42)4)28-56(2)3)46(64)55-41(29-61)48(66)58(5)49(25-32-10-14-35(50)15-11-32)18-8-19-59(30-49)47(65)34(22-45(62)63)21-37-9-6-7-20-60(37)67/h6-7,9-17,20,23-24,27,31,34,41,53,61H,8,18-19,21-22,25-26,28-30H2,1-5H3,(H,55,64)(H,62,63). The summed E-state index contributed by atoms with van der Waals surface area (Å²) in [7, 11) is 7.43. The van der Waals surface area contributed by atoms with Crippen LogP contribution in [0.15, 0.2) is 91.3 Å². The number of hydrogen-bond donors (Lipinski definition) is 4. The van der Waals surface area contributed by atoms with Gasteiger partial charge >= 0.3 is 5.97 Å². The number of hydrogen-bond acceptors (Lipinski definition) is 10. The number of aliphatic carboxylic acids is 1. The fourth-order valence-electron chi connectivity index (χ4n) is 8.52. The summed E-state index contributed by atoms with van der Waals surface area (Å²) in [5, 5.41) is 39.1. The molecule has 0 spiro atoms. The number of piperidine rings is 1. The van der Waals surface area contributed by atoms with Gasteiger partial charge in [-0.1, -0.05) is 41.4 Å². The van der Waals surface area contributed by atoms with E-state index in [4.69, 9.17) is 27.9 Å². The number of nitrogens with one attached hydrogen (secondary N) is 2. The van der Waals surface area contributed by atoms with Crippen LogP contribution in [0.3, 0.4) is 0 Å². The average molecular weight is 976 g/mol. The van der Waals surface area contributed by atoms with Crippen LogP contribution in [0, 0.1) is 16.9 Å². The van der Waals surface area contributed by atoms with Crippen LogP contribution in [-0.2, 0) is 52.2 Å². The van der Waals surface area contributed by atoms with Gasteiger partial charge in [-0.2, -0.15) is 4.73 Å². The van der Waals surface area contributed by atoms with Crippen LogP contribution in [0.25, 0.3) is 11.3 Å². The Labute approximate surface area is 404 Å². The number of pyridine rings is 1. The number of nitrogens with zero attached hydrogens (tertiary/aromatic N) is 6. The Kier molecular flexibility index (Phi) is 17.2. The Bertz CT molecular complexity index is 2580. The van der Waals surface area contributed by atoms with Gasteiger partial charge in [0.15, 0.2) is 11.9 Å². The summed E-state index contributed by atoms with van der Waals surface area (Å²) in [6, 6.07) is 19.1. The fourth-order valence-corrected chi connectivity index (χ4v) is 8.84. The molecule has 0 bridgehead atoms. The van der Waals surface area contributed by atoms with Crippen molar-refractivity contribution in [3.63, 3.8) is 0 Å². The number of imidazole rings is 1. The first-order chi connectivity index (χ1) is 32.4. The van der Waals surface area contributed by atoms with Gasteiger partial charge in [0.2, 0.25) is 17.7 Å². The third kappa shape index (κ3) is 12.7. The summed E-state index contributed by atoms with van der Waals surface area (Å²) in [4.78, 5) is 63.9. The third-order valence-electron chi connectivity index (χ3n) is 12.3. The molecule has 0 radical (unpaired) electrons. The summed E-state index contributed by atoms with van der Waals surface area (Å²) in [5.41, 5.74) is 1.84. The number of halogens is 3. The highest BCUT2D eigenvalue weighted by Crippen LogP contribution is 2.35. The molecule has 1 fully saturated rings. The second kappa shape index (κ2) is 22.8. The molecule has 6 rings (SSSR count). The number of carbonyl (C=O) groups excluding carboxylic acids is 3. The van der Waals surface area contributed by atoms with Crippen LogP contribution in [0.1, 0.15) is 48.8 Å². The second-order valence-electron chi connectivity index (χ2n) is 17.5. The topological polar surface area (TPSA) is 197 Å². The largest absolute Gasteiger partial charge is 0.619 e. The number of carbonyl (C=O) groups is 4. The van der Waals surface area contributed by atoms with Crippen molar-refractivity contribution in [1.29, 1.82) is 0 Å². The lowest BCUT2D eigenvalue weighted by Gasteiger charge is -2.49. The van der Waals surface area contributed by atoms with Gasteiger partial charge in [0.05, 0.1) is 49.0 Å². The first-order valence-corrected chi connectivity index (χ1v) is 22.9. The monoisotopic (exact) mass is 974 g/mol. The predicted octanol–water partition coefficient (Wildman–Crippen LogP) is 5.37. The van der Waals surface area contributed by atoms with Crippen LogP contribution in [0.5, 0.6) is 11.5 Å². The number of amides is 3. The van der Waals surface area contributed by atoms with Gasteiger partial charge in [0, 0.05) is 73.5 Å². The average Bonchev–Trinajstić information content (AvgIpc) is 3.66. The normalized spacial score (nSPS) is 16.2. The van der Waals surface area contributed by atoms with E-state index in [-0.39, 0.29) is 54.5 Å². The van der Waals surface area contributed by atoms with E-state index < -0.39 is 66.1 Å². The van der Waals surface area contributed by atoms with Gasteiger partial charge in [0.25, 0.3) is 0 Å². The number of likely N-dealkylation sites (tertiary alicyclic amines) is 1. The van der Waals surface area contributed by atoms with E-state index in [0.29, 0.717) is 34.9 Å². The molecular formula is C49H57Cl2FN8O8. The SMILES string of the molecule is CC(NCc1c(F)cc(Cl)cc1Oc1ccc(-c2cnc(CN(C)C)n2C)cc1)C(=O)NC(CO)C(=O)N(C)C1(Cc2ccc(Cl)cc2)CCCN(C(=O)C(CC(=O)O)Cc2cccc[n+]2[O-])C1. The predicted molar refractivity (Wildman–Crippen MR) is 254 cm³/mol. The minimum atomic E-state index is -1.42. The number of rotatable bonds is 20. The van der Waals surface area contributed by atoms with Crippen molar-refractivity contribution < 1.29 is 43.2 Å². The molecule has 1 saturated heterocycles. The summed E-state index contributed by atoms with van der Waals surface area (Å²) in [5.74, 6) is -3.31. The molecule has 2 aromatic heterocycles. The van der Waals surface area contributed by atoms with E-state index in [1.807, 2.05) is 42.7 Å². The van der Waals surface area contributed by atoms with Gasteiger partial charge in [0.1, 0.15) is 29.2 Å². The Morgan fingerprint density at radius 1 is 1.03 bits per heavy atom. The molecule has 1 aliphatic rings. The lowest BCUT2D eigenvalue weighted by molar-refractivity contribution is -0.614. The molecule has 16 nitrogen and oxygen atoms in total. The Morgan fingerprint density at radius 3 is 2.41 bits per heavy atom. The highest BCUT2D eigenvalue weighted by molar-refractivity contribution is 6.31. The van der Waals surface area contributed by atoms with Crippen molar-refractivity contribution in [3.8, 4) is 22.8 Å². The molecule has 1 aliphatic heterocycles. The van der Waals surface area contributed by atoms with Gasteiger partial charge in [-0.25, -0.2) is 9.37 Å². The van der Waals surface area contributed by atoms with Crippen LogP contribution in [0.2, 0.25) is 10.0 Å². The zero-order chi connectivity index (χ0) is 49.3. The van der Waals surface area contributed by atoms with E-state index in [1.54, 1.807) is 55.7 Å². The molecule has 0 aliphatic carbocycles. The maximum Gasteiger partial charge on any atom is 0.304 e. The van der Waals surface area contributed by atoms with Crippen LogP contribution in [0.4, 0.5) is 4.39 Å². The zero-order valence-corrected chi connectivity index (χ0v) is 40.1. The van der Waals surface area contributed by atoms with E-state index in [9.17, 15) is 34.6 Å². The Morgan fingerprint density at radius 2 is 1.75 bits per heavy atom. The van der Waals surface area contributed by atoms with Crippen molar-refractivity contribution >= 4 is 46.9 Å². The molecule has 0 saturated carbocycles. The summed E-state index contributed by atoms with van der Waals surface area (Å²) in [6.07, 6.45) is 3.53. The molecule has 4 N–H and O–H groups in total. The molecule has 68 heavy (non-hydrogen) atoms. The highest BCUT2D eigenvalue weighted by atomic mass is 35.5. The zero-order valence-electron chi connectivity index (χ0n) is 38.6. The molecule has 5 aromatic rings. The third-order valence-corrected chi connectivity index (χ3v) is 12.8. The number of benzene rings is 3. The molecule has 4 atom stereocenters. The van der Waals surface area contributed by atoms with Crippen LogP contribution in [-0.4, -0.2) is 117 Å². The lowest BCUT2D eigenvalue weighted by Crippen LogP contribution is -2.65. The number of aromatic nitrogens is 3. The van der Waals surface area contributed by atoms with Crippen molar-refractivity contribution in [3.05, 3.63) is 135 Å². The van der Waals surface area contributed by atoms with Crippen molar-refractivity contribution in [2.24, 2.45) is 13.0 Å². The summed E-state index contributed by atoms with van der Waals surface area (Å²) >= 11 is 12.5. The number of likely N-dealkylation sites (N-methyl/N-ethyl adjacent to an activating group) is 1. The van der Waals surface area contributed by atoms with E-state index in [0.717, 1.165) is 28.7 Å². The highest BCUT2D eigenvalue weighted by Gasteiger charge is 2.45. The molecule has 4 unspecified atom stereocenters. The molecule has 3 heterocycles. The van der Waals surface area contributed by atoms with E-state index in [1.165, 1.54) is 41.1 Å². The number of carboxylic acids is 1. The smallest absolute Gasteiger partial charge is 0.304 e. The van der Waals surface area contributed by atoms with Gasteiger partial charge < -0.3 is 50.1 Å². The first kappa shape index (κ1) is 51.3. The number of ether oxygens (including phenoxy) is 1. The molecule has 3 amide bonds.